The molecule has 0 saturated heterocycles. The first-order chi connectivity index (χ1) is 7.83. The summed E-state index contributed by atoms with van der Waals surface area (Å²) in [6.45, 7) is 1.49. The lowest BCUT2D eigenvalue weighted by Crippen LogP contribution is -2.08. The molecule has 0 amide bonds. The molecule has 1 heterocycles. The van der Waals surface area contributed by atoms with Crippen molar-refractivity contribution in [2.45, 2.75) is 25.5 Å². The maximum absolute atomic E-state index is 5.61. The van der Waals surface area contributed by atoms with Crippen LogP contribution in [0.5, 0.6) is 0 Å². The number of hydrogen-bond donors (Lipinski definition) is 0. The van der Waals surface area contributed by atoms with Gasteiger partial charge in [-0.15, -0.1) is 5.10 Å². The predicted molar refractivity (Wildman–Crippen MR) is 64.2 cm³/mol. The second-order valence-electron chi connectivity index (χ2n) is 4.02. The number of nitrogens with zero attached hydrogens (tertiary/aromatic N) is 3. The van der Waals surface area contributed by atoms with E-state index >= 15 is 0 Å². The lowest BCUT2D eigenvalue weighted by atomic mass is 10.3. The highest BCUT2D eigenvalue weighted by Crippen LogP contribution is 2.23. The van der Waals surface area contributed by atoms with Gasteiger partial charge in [-0.3, -0.25) is 0 Å². The van der Waals surface area contributed by atoms with Gasteiger partial charge in [0.15, 0.2) is 0 Å². The summed E-state index contributed by atoms with van der Waals surface area (Å²) in [5.41, 5.74) is 1.98. The molecule has 0 N–H and O–H groups in total. The van der Waals surface area contributed by atoms with Crippen molar-refractivity contribution in [1.29, 1.82) is 0 Å². The van der Waals surface area contributed by atoms with Gasteiger partial charge in [0.2, 0.25) is 0 Å². The smallest absolute Gasteiger partial charge is 0.113 e. The van der Waals surface area contributed by atoms with Crippen LogP contribution < -0.4 is 0 Å². The molecular weight excluding hydrogens is 270 g/mol. The van der Waals surface area contributed by atoms with Crippen LogP contribution in [0, 0.1) is 0 Å². The average Bonchev–Trinajstić information content (AvgIpc) is 3.01. The Labute approximate surface area is 102 Å². The fourth-order valence-corrected chi connectivity index (χ4v) is 1.99. The van der Waals surface area contributed by atoms with Crippen LogP contribution in [0.3, 0.4) is 0 Å². The Hall–Kier alpha value is -0.940. The molecule has 0 aliphatic heterocycles. The van der Waals surface area contributed by atoms with Gasteiger partial charge >= 0.3 is 0 Å². The number of fused-ring (bicyclic) bond motifs is 1. The highest BCUT2D eigenvalue weighted by molar-refractivity contribution is 9.10. The van der Waals surface area contributed by atoms with Gasteiger partial charge in [-0.25, -0.2) is 4.68 Å². The Morgan fingerprint density at radius 2 is 2.31 bits per heavy atom. The molecule has 1 aliphatic rings. The van der Waals surface area contributed by atoms with Crippen LogP contribution in [0.4, 0.5) is 0 Å². The standard InChI is InChI=1S/C11H12BrN3O/c12-8-1-4-10-11(7-8)15(14-13-10)5-6-16-9-2-3-9/h1,4,7,9H,2-3,5-6H2. The van der Waals surface area contributed by atoms with Crippen molar-refractivity contribution >= 4 is 27.0 Å². The van der Waals surface area contributed by atoms with Crippen molar-refractivity contribution < 1.29 is 4.74 Å². The number of benzene rings is 1. The first-order valence-electron chi connectivity index (χ1n) is 5.43. The van der Waals surface area contributed by atoms with Crippen LogP contribution in [0.15, 0.2) is 22.7 Å². The van der Waals surface area contributed by atoms with Crippen LogP contribution in [0.2, 0.25) is 0 Å². The SMILES string of the molecule is Brc1ccc2nnn(CCOC3CC3)c2c1. The molecule has 1 saturated carbocycles. The molecule has 0 radical (unpaired) electrons. The fraction of sp³-hybridized carbons (Fsp3) is 0.455. The van der Waals surface area contributed by atoms with Crippen molar-refractivity contribution in [3.63, 3.8) is 0 Å². The zero-order valence-electron chi connectivity index (χ0n) is 8.77. The molecule has 0 spiro atoms. The lowest BCUT2D eigenvalue weighted by molar-refractivity contribution is 0.110. The van der Waals surface area contributed by atoms with E-state index in [1.807, 2.05) is 22.9 Å². The second-order valence-corrected chi connectivity index (χ2v) is 4.93. The van der Waals surface area contributed by atoms with Crippen LogP contribution in [0.1, 0.15) is 12.8 Å². The molecule has 2 aromatic rings. The van der Waals surface area contributed by atoms with Crippen molar-refractivity contribution in [2.75, 3.05) is 6.61 Å². The van der Waals surface area contributed by atoms with E-state index in [4.69, 9.17) is 4.74 Å². The average molecular weight is 282 g/mol. The largest absolute Gasteiger partial charge is 0.376 e. The van der Waals surface area contributed by atoms with Gasteiger partial charge in [0.05, 0.1) is 24.8 Å². The quantitative estimate of drug-likeness (QED) is 0.864. The third-order valence-electron chi connectivity index (χ3n) is 2.66. The zero-order chi connectivity index (χ0) is 11.0. The van der Waals surface area contributed by atoms with Gasteiger partial charge in [-0.1, -0.05) is 21.1 Å². The van der Waals surface area contributed by atoms with Gasteiger partial charge < -0.3 is 4.74 Å². The Morgan fingerprint density at radius 1 is 1.44 bits per heavy atom. The summed E-state index contributed by atoms with van der Waals surface area (Å²) in [6.07, 6.45) is 2.93. The maximum Gasteiger partial charge on any atom is 0.113 e. The third kappa shape index (κ3) is 2.10. The van der Waals surface area contributed by atoms with Gasteiger partial charge in [-0.2, -0.15) is 0 Å². The topological polar surface area (TPSA) is 39.9 Å². The molecular formula is C11H12BrN3O. The Morgan fingerprint density at radius 3 is 3.12 bits per heavy atom. The summed E-state index contributed by atoms with van der Waals surface area (Å²) >= 11 is 3.45. The van der Waals surface area contributed by atoms with Gasteiger partial charge in [0, 0.05) is 4.47 Å². The molecule has 1 aliphatic carbocycles. The van der Waals surface area contributed by atoms with Crippen LogP contribution in [-0.4, -0.2) is 27.7 Å². The van der Waals surface area contributed by atoms with Crippen LogP contribution in [0.25, 0.3) is 11.0 Å². The first-order valence-corrected chi connectivity index (χ1v) is 6.22. The molecule has 1 fully saturated rings. The summed E-state index contributed by atoms with van der Waals surface area (Å²) in [5, 5.41) is 8.23. The second kappa shape index (κ2) is 4.14. The lowest BCUT2D eigenvalue weighted by Gasteiger charge is -2.03. The van der Waals surface area contributed by atoms with E-state index in [1.54, 1.807) is 0 Å². The molecule has 4 nitrogen and oxygen atoms in total. The zero-order valence-corrected chi connectivity index (χ0v) is 10.4. The van der Waals surface area contributed by atoms with E-state index in [2.05, 4.69) is 26.2 Å². The highest BCUT2D eigenvalue weighted by atomic mass is 79.9. The van der Waals surface area contributed by atoms with Gasteiger partial charge in [-0.05, 0) is 31.0 Å². The third-order valence-corrected chi connectivity index (χ3v) is 3.15. The summed E-state index contributed by atoms with van der Waals surface area (Å²) in [7, 11) is 0. The van der Waals surface area contributed by atoms with E-state index < -0.39 is 0 Å². The van der Waals surface area contributed by atoms with Gasteiger partial charge in [0.25, 0.3) is 0 Å². The minimum Gasteiger partial charge on any atom is -0.376 e. The Balaban J connectivity index is 1.76. The number of hydrogen-bond acceptors (Lipinski definition) is 3. The highest BCUT2D eigenvalue weighted by Gasteiger charge is 2.21. The summed E-state index contributed by atoms with van der Waals surface area (Å²) in [5.74, 6) is 0. The van der Waals surface area contributed by atoms with Crippen LogP contribution >= 0.6 is 15.9 Å². The van der Waals surface area contributed by atoms with E-state index in [0.29, 0.717) is 6.10 Å². The molecule has 3 rings (SSSR count). The maximum atomic E-state index is 5.61. The predicted octanol–water partition coefficient (Wildman–Crippen LogP) is 2.37. The molecule has 1 aromatic carbocycles. The summed E-state index contributed by atoms with van der Waals surface area (Å²) < 4.78 is 8.54. The van der Waals surface area contributed by atoms with E-state index in [9.17, 15) is 0 Å². The first kappa shape index (κ1) is 10.2. The van der Waals surface area contributed by atoms with E-state index in [-0.39, 0.29) is 0 Å². The molecule has 0 atom stereocenters. The van der Waals surface area contributed by atoms with Crippen molar-refractivity contribution in [3.05, 3.63) is 22.7 Å². The molecule has 1 aromatic heterocycles. The Kier molecular flexibility index (Phi) is 2.65. The van der Waals surface area contributed by atoms with Crippen molar-refractivity contribution in [1.82, 2.24) is 15.0 Å². The monoisotopic (exact) mass is 281 g/mol. The summed E-state index contributed by atoms with van der Waals surface area (Å²) in [6, 6.07) is 5.97. The van der Waals surface area contributed by atoms with Crippen molar-refractivity contribution in [3.8, 4) is 0 Å². The minimum atomic E-state index is 0.501. The van der Waals surface area contributed by atoms with Gasteiger partial charge in [0.1, 0.15) is 5.52 Å². The molecule has 84 valence electrons. The van der Waals surface area contributed by atoms with E-state index in [0.717, 1.165) is 28.7 Å². The molecule has 0 bridgehead atoms. The number of ether oxygens (including phenoxy) is 1. The van der Waals surface area contributed by atoms with Crippen LogP contribution in [-0.2, 0) is 11.3 Å². The van der Waals surface area contributed by atoms with Crippen molar-refractivity contribution in [2.24, 2.45) is 0 Å². The number of rotatable bonds is 4. The number of halogens is 1. The molecule has 5 heteroatoms. The molecule has 16 heavy (non-hydrogen) atoms. The number of aromatic nitrogens is 3. The fourth-order valence-electron chi connectivity index (χ4n) is 1.64. The normalized spacial score (nSPS) is 15.8. The minimum absolute atomic E-state index is 0.501. The molecule has 0 unspecified atom stereocenters. The van der Waals surface area contributed by atoms with E-state index in [1.165, 1.54) is 12.8 Å². The summed E-state index contributed by atoms with van der Waals surface area (Å²) in [4.78, 5) is 0. The Bertz CT molecular complexity index is 507.